The van der Waals surface area contributed by atoms with Crippen molar-refractivity contribution in [2.45, 2.75) is 32.6 Å². The molecule has 0 aliphatic heterocycles. The van der Waals surface area contributed by atoms with Crippen molar-refractivity contribution in [2.75, 3.05) is 11.3 Å². The molecular weight excluding hydrogens is 328 g/mol. The van der Waals surface area contributed by atoms with Gasteiger partial charge in [-0.1, -0.05) is 17.7 Å². The summed E-state index contributed by atoms with van der Waals surface area (Å²) < 4.78 is 32.7. The Balaban J connectivity index is 2.48. The van der Waals surface area contributed by atoms with Gasteiger partial charge >= 0.3 is 5.97 Å². The van der Waals surface area contributed by atoms with Gasteiger partial charge < -0.3 is 4.74 Å². The van der Waals surface area contributed by atoms with Crippen LogP contribution in [0.4, 0.5) is 5.69 Å². The van der Waals surface area contributed by atoms with Crippen molar-refractivity contribution in [2.24, 2.45) is 0 Å². The Labute approximate surface area is 141 Å². The van der Waals surface area contributed by atoms with Gasteiger partial charge in [-0.25, -0.2) is 13.2 Å². The zero-order valence-electron chi connectivity index (χ0n) is 14.1. The Morgan fingerprint density at radius 3 is 2.38 bits per heavy atom. The van der Waals surface area contributed by atoms with Crippen LogP contribution in [0.25, 0.3) is 0 Å². The standard InChI is InChI=1S/C17H20N2O4S/c1-5-23-17(20)16-13(4)18-12(3)10-15(16)19-24(21,22)14-8-6-11(2)7-9-14/h6-10H,5H2,1-4H3,(H,18,19). The summed E-state index contributed by atoms with van der Waals surface area (Å²) in [6, 6.07) is 7.98. The molecule has 0 atom stereocenters. The Kier molecular flexibility index (Phi) is 5.23. The zero-order valence-corrected chi connectivity index (χ0v) is 14.9. The number of ether oxygens (including phenoxy) is 1. The molecule has 0 saturated heterocycles. The molecule has 7 heteroatoms. The van der Waals surface area contributed by atoms with Gasteiger partial charge in [0.15, 0.2) is 0 Å². The van der Waals surface area contributed by atoms with Crippen LogP contribution in [0.1, 0.15) is 34.2 Å². The first-order valence-electron chi connectivity index (χ1n) is 7.49. The van der Waals surface area contributed by atoms with Crippen LogP contribution in [-0.4, -0.2) is 26.0 Å². The van der Waals surface area contributed by atoms with Gasteiger partial charge in [-0.2, -0.15) is 0 Å². The first-order chi connectivity index (χ1) is 11.2. The van der Waals surface area contributed by atoms with Crippen LogP contribution in [0.3, 0.4) is 0 Å². The molecule has 0 unspecified atom stereocenters. The van der Waals surface area contributed by atoms with E-state index >= 15 is 0 Å². The lowest BCUT2D eigenvalue weighted by atomic mass is 10.1. The Hall–Kier alpha value is -2.41. The van der Waals surface area contributed by atoms with E-state index in [0.29, 0.717) is 11.4 Å². The van der Waals surface area contributed by atoms with Gasteiger partial charge in [-0.3, -0.25) is 9.71 Å². The van der Waals surface area contributed by atoms with Crippen molar-refractivity contribution >= 4 is 21.7 Å². The summed E-state index contributed by atoms with van der Waals surface area (Å²) in [6.45, 7) is 7.12. The Bertz CT molecular complexity index is 859. The van der Waals surface area contributed by atoms with Crippen molar-refractivity contribution in [3.63, 3.8) is 0 Å². The second-order valence-corrected chi connectivity index (χ2v) is 7.09. The molecule has 1 aromatic carbocycles. The highest BCUT2D eigenvalue weighted by atomic mass is 32.2. The van der Waals surface area contributed by atoms with Gasteiger partial charge in [-0.05, 0) is 45.9 Å². The summed E-state index contributed by atoms with van der Waals surface area (Å²) in [7, 11) is -3.82. The fourth-order valence-corrected chi connectivity index (χ4v) is 3.35. The number of aryl methyl sites for hydroxylation is 3. The summed E-state index contributed by atoms with van der Waals surface area (Å²) in [5, 5.41) is 0. The third-order valence-corrected chi connectivity index (χ3v) is 4.76. The number of anilines is 1. The van der Waals surface area contributed by atoms with Crippen LogP contribution in [-0.2, 0) is 14.8 Å². The number of aromatic nitrogens is 1. The molecule has 0 fully saturated rings. The predicted molar refractivity (Wildman–Crippen MR) is 91.7 cm³/mol. The second-order valence-electron chi connectivity index (χ2n) is 5.41. The molecule has 0 amide bonds. The molecule has 6 nitrogen and oxygen atoms in total. The topological polar surface area (TPSA) is 85.4 Å². The average Bonchev–Trinajstić information content (AvgIpc) is 2.46. The van der Waals surface area contributed by atoms with Crippen LogP contribution in [0.2, 0.25) is 0 Å². The number of hydrogen-bond acceptors (Lipinski definition) is 5. The van der Waals surface area contributed by atoms with Crippen molar-refractivity contribution in [3.8, 4) is 0 Å². The number of benzene rings is 1. The van der Waals surface area contributed by atoms with Gasteiger partial charge in [0.1, 0.15) is 5.56 Å². The normalized spacial score (nSPS) is 11.2. The number of esters is 1. The molecule has 1 heterocycles. The van der Waals surface area contributed by atoms with Crippen molar-refractivity contribution in [3.05, 3.63) is 52.8 Å². The first kappa shape index (κ1) is 17.9. The molecule has 0 aliphatic carbocycles. The minimum absolute atomic E-state index is 0.120. The molecule has 128 valence electrons. The van der Waals surface area contributed by atoms with E-state index < -0.39 is 16.0 Å². The lowest BCUT2D eigenvalue weighted by molar-refractivity contribution is 0.0526. The van der Waals surface area contributed by atoms with Crippen molar-refractivity contribution < 1.29 is 17.9 Å². The molecule has 1 aromatic heterocycles. The molecule has 2 aromatic rings. The monoisotopic (exact) mass is 348 g/mol. The van der Waals surface area contributed by atoms with Gasteiger partial charge in [0.05, 0.1) is 22.9 Å². The van der Waals surface area contributed by atoms with Gasteiger partial charge in [0.2, 0.25) is 0 Å². The number of carbonyl (C=O) groups is 1. The van der Waals surface area contributed by atoms with E-state index in [2.05, 4.69) is 9.71 Å². The average molecular weight is 348 g/mol. The van der Waals surface area contributed by atoms with E-state index in [4.69, 9.17) is 4.74 Å². The summed E-state index contributed by atoms with van der Waals surface area (Å²) in [4.78, 5) is 16.5. The predicted octanol–water partition coefficient (Wildman–Crippen LogP) is 2.98. The van der Waals surface area contributed by atoms with Crippen molar-refractivity contribution in [1.29, 1.82) is 0 Å². The fraction of sp³-hybridized carbons (Fsp3) is 0.294. The Morgan fingerprint density at radius 2 is 1.79 bits per heavy atom. The van der Waals surface area contributed by atoms with E-state index in [1.54, 1.807) is 32.9 Å². The number of nitrogens with one attached hydrogen (secondary N) is 1. The number of carbonyl (C=O) groups excluding carboxylic acids is 1. The molecule has 2 rings (SSSR count). The number of sulfonamides is 1. The molecule has 1 N–H and O–H groups in total. The molecule has 0 bridgehead atoms. The van der Waals surface area contributed by atoms with E-state index in [-0.39, 0.29) is 22.8 Å². The first-order valence-corrected chi connectivity index (χ1v) is 8.97. The number of pyridine rings is 1. The van der Waals surface area contributed by atoms with Crippen LogP contribution >= 0.6 is 0 Å². The lowest BCUT2D eigenvalue weighted by Crippen LogP contribution is -2.18. The van der Waals surface area contributed by atoms with Crippen LogP contribution < -0.4 is 4.72 Å². The highest BCUT2D eigenvalue weighted by Crippen LogP contribution is 2.24. The fourth-order valence-electron chi connectivity index (χ4n) is 2.29. The maximum atomic E-state index is 12.6. The van der Waals surface area contributed by atoms with Gasteiger partial charge in [0, 0.05) is 5.69 Å². The van der Waals surface area contributed by atoms with Crippen LogP contribution in [0.15, 0.2) is 35.2 Å². The quantitative estimate of drug-likeness (QED) is 0.840. The smallest absolute Gasteiger partial charge is 0.342 e. The minimum Gasteiger partial charge on any atom is -0.462 e. The third-order valence-electron chi connectivity index (χ3n) is 3.38. The number of nitrogens with zero attached hydrogens (tertiary/aromatic N) is 1. The molecule has 0 saturated carbocycles. The maximum Gasteiger partial charge on any atom is 0.342 e. The third kappa shape index (κ3) is 3.91. The van der Waals surface area contributed by atoms with Crippen LogP contribution in [0.5, 0.6) is 0 Å². The summed E-state index contributed by atoms with van der Waals surface area (Å²) in [6.07, 6.45) is 0. The largest absolute Gasteiger partial charge is 0.462 e. The van der Waals surface area contributed by atoms with E-state index in [9.17, 15) is 13.2 Å². The molecular formula is C17H20N2O4S. The highest BCUT2D eigenvalue weighted by Gasteiger charge is 2.22. The number of rotatable bonds is 5. The summed E-state index contributed by atoms with van der Waals surface area (Å²) in [5.41, 5.74) is 2.26. The Morgan fingerprint density at radius 1 is 1.17 bits per heavy atom. The second kappa shape index (κ2) is 7.00. The van der Waals surface area contributed by atoms with E-state index in [0.717, 1.165) is 5.56 Å². The van der Waals surface area contributed by atoms with E-state index in [1.807, 2.05) is 6.92 Å². The summed E-state index contributed by atoms with van der Waals surface area (Å²) in [5.74, 6) is -0.607. The molecule has 0 spiro atoms. The van der Waals surface area contributed by atoms with E-state index in [1.165, 1.54) is 18.2 Å². The molecule has 0 radical (unpaired) electrons. The summed E-state index contributed by atoms with van der Waals surface area (Å²) >= 11 is 0. The molecule has 0 aliphatic rings. The molecule has 24 heavy (non-hydrogen) atoms. The SMILES string of the molecule is CCOC(=O)c1c(NS(=O)(=O)c2ccc(C)cc2)cc(C)nc1C. The van der Waals surface area contributed by atoms with Gasteiger partial charge in [-0.15, -0.1) is 0 Å². The minimum atomic E-state index is -3.82. The number of hydrogen-bond donors (Lipinski definition) is 1. The van der Waals surface area contributed by atoms with Gasteiger partial charge in [0.25, 0.3) is 10.0 Å². The van der Waals surface area contributed by atoms with Crippen molar-refractivity contribution in [1.82, 2.24) is 4.98 Å². The lowest BCUT2D eigenvalue weighted by Gasteiger charge is -2.14. The highest BCUT2D eigenvalue weighted by molar-refractivity contribution is 7.92. The zero-order chi connectivity index (χ0) is 17.9. The maximum absolute atomic E-state index is 12.6. The van der Waals surface area contributed by atoms with Crippen LogP contribution in [0, 0.1) is 20.8 Å².